The van der Waals surface area contributed by atoms with Crippen LogP contribution in [0, 0.1) is 5.41 Å². The third-order valence-electron chi connectivity index (χ3n) is 1.43. The minimum Gasteiger partial charge on any atom is -0.480 e. The highest BCUT2D eigenvalue weighted by Crippen LogP contribution is 2.19. The zero-order chi connectivity index (χ0) is 11.6. The van der Waals surface area contributed by atoms with Crippen molar-refractivity contribution in [1.29, 1.82) is 0 Å². The standard InChI is InChI=1S/C5H7ClO7S/c1-5(3(7)8,4(9)10)2-13-14(6,11)12/h2H2,1H3,(H,7,8)(H,9,10). The molecule has 0 fully saturated rings. The van der Waals surface area contributed by atoms with E-state index in [1.165, 1.54) is 0 Å². The monoisotopic (exact) mass is 246 g/mol. The number of halogens is 1. The topological polar surface area (TPSA) is 118 Å². The zero-order valence-corrected chi connectivity index (χ0v) is 8.50. The summed E-state index contributed by atoms with van der Waals surface area (Å²) in [6.07, 6.45) is 0. The van der Waals surface area contributed by atoms with Crippen LogP contribution in [-0.4, -0.2) is 37.2 Å². The molecule has 0 unspecified atom stereocenters. The highest BCUT2D eigenvalue weighted by atomic mass is 35.7. The van der Waals surface area contributed by atoms with E-state index < -0.39 is 33.3 Å². The second-order valence-corrected chi connectivity index (χ2v) is 4.75. The van der Waals surface area contributed by atoms with Crippen molar-refractivity contribution in [2.75, 3.05) is 6.61 Å². The molecule has 82 valence electrons. The lowest BCUT2D eigenvalue weighted by molar-refractivity contribution is -0.165. The van der Waals surface area contributed by atoms with Crippen molar-refractivity contribution < 1.29 is 32.4 Å². The lowest BCUT2D eigenvalue weighted by Crippen LogP contribution is -2.40. The highest BCUT2D eigenvalue weighted by molar-refractivity contribution is 8.09. The number of aliphatic carboxylic acids is 2. The van der Waals surface area contributed by atoms with Gasteiger partial charge < -0.3 is 10.2 Å². The van der Waals surface area contributed by atoms with Gasteiger partial charge in [0.05, 0.1) is 6.61 Å². The van der Waals surface area contributed by atoms with Crippen LogP contribution in [0.1, 0.15) is 6.92 Å². The first-order valence-corrected chi connectivity index (χ1v) is 5.39. The van der Waals surface area contributed by atoms with Gasteiger partial charge in [-0.1, -0.05) is 0 Å². The molecular weight excluding hydrogens is 240 g/mol. The lowest BCUT2D eigenvalue weighted by Gasteiger charge is -2.17. The van der Waals surface area contributed by atoms with Crippen LogP contribution < -0.4 is 0 Å². The van der Waals surface area contributed by atoms with Crippen molar-refractivity contribution in [1.82, 2.24) is 0 Å². The van der Waals surface area contributed by atoms with Crippen molar-refractivity contribution >= 4 is 32.0 Å². The molecule has 0 bridgehead atoms. The van der Waals surface area contributed by atoms with Crippen molar-refractivity contribution in [3.63, 3.8) is 0 Å². The molecule has 14 heavy (non-hydrogen) atoms. The predicted molar refractivity (Wildman–Crippen MR) is 44.1 cm³/mol. The molecule has 0 aliphatic rings. The third kappa shape index (κ3) is 3.48. The fourth-order valence-corrected chi connectivity index (χ4v) is 0.913. The van der Waals surface area contributed by atoms with Gasteiger partial charge in [-0.2, -0.15) is 8.42 Å². The van der Waals surface area contributed by atoms with Gasteiger partial charge in [0, 0.05) is 10.7 Å². The molecule has 0 aromatic carbocycles. The molecule has 0 spiro atoms. The SMILES string of the molecule is CC(COS(=O)(=O)Cl)(C(=O)O)C(=O)O. The second kappa shape index (κ2) is 4.11. The van der Waals surface area contributed by atoms with Gasteiger partial charge in [0.25, 0.3) is 0 Å². The lowest BCUT2D eigenvalue weighted by atomic mass is 9.93. The summed E-state index contributed by atoms with van der Waals surface area (Å²) in [6, 6.07) is 0. The summed E-state index contributed by atoms with van der Waals surface area (Å²) in [5.74, 6) is -3.43. The first-order chi connectivity index (χ1) is 6.09. The zero-order valence-electron chi connectivity index (χ0n) is 6.93. The molecule has 0 atom stereocenters. The van der Waals surface area contributed by atoms with Crippen LogP contribution in [0.25, 0.3) is 0 Å². The fourth-order valence-electron chi connectivity index (χ4n) is 0.403. The molecule has 0 aromatic heterocycles. The number of carbonyl (C=O) groups is 2. The number of carboxylic acids is 2. The Labute approximate surface area is 83.9 Å². The summed E-state index contributed by atoms with van der Waals surface area (Å²) in [5, 5.41) is 17.0. The van der Waals surface area contributed by atoms with E-state index in [9.17, 15) is 18.0 Å². The van der Waals surface area contributed by atoms with Gasteiger partial charge in [-0.3, -0.25) is 13.8 Å². The summed E-state index contributed by atoms with van der Waals surface area (Å²) >= 11 is 0. The molecule has 0 aliphatic carbocycles. The Morgan fingerprint density at radius 1 is 1.36 bits per heavy atom. The molecule has 0 aliphatic heterocycles. The Morgan fingerprint density at radius 2 is 1.71 bits per heavy atom. The Hall–Kier alpha value is -0.860. The summed E-state index contributed by atoms with van der Waals surface area (Å²) in [7, 11) is 0.234. The molecule has 0 saturated carbocycles. The number of rotatable bonds is 5. The highest BCUT2D eigenvalue weighted by Gasteiger charge is 2.43. The minimum absolute atomic E-state index is 0.805. The molecular formula is C5H7ClO7S. The first-order valence-electron chi connectivity index (χ1n) is 3.15. The van der Waals surface area contributed by atoms with Crippen molar-refractivity contribution in [2.45, 2.75) is 6.92 Å². The fraction of sp³-hybridized carbons (Fsp3) is 0.600. The van der Waals surface area contributed by atoms with E-state index in [1.807, 2.05) is 0 Å². The van der Waals surface area contributed by atoms with E-state index in [0.29, 0.717) is 0 Å². The van der Waals surface area contributed by atoms with Gasteiger partial charge >= 0.3 is 21.3 Å². The van der Waals surface area contributed by atoms with Gasteiger partial charge in [-0.05, 0) is 6.92 Å². The van der Waals surface area contributed by atoms with Crippen LogP contribution in [0.5, 0.6) is 0 Å². The van der Waals surface area contributed by atoms with Crippen LogP contribution in [0.3, 0.4) is 0 Å². The van der Waals surface area contributed by atoms with Gasteiger partial charge in [0.2, 0.25) is 0 Å². The number of hydrogen-bond donors (Lipinski definition) is 2. The summed E-state index contributed by atoms with van der Waals surface area (Å²) in [4.78, 5) is 21.0. The summed E-state index contributed by atoms with van der Waals surface area (Å²) < 4.78 is 24.5. The van der Waals surface area contributed by atoms with Gasteiger partial charge in [0.15, 0.2) is 5.41 Å². The van der Waals surface area contributed by atoms with E-state index in [-0.39, 0.29) is 0 Å². The van der Waals surface area contributed by atoms with E-state index in [1.54, 1.807) is 0 Å². The van der Waals surface area contributed by atoms with Crippen molar-refractivity contribution in [3.05, 3.63) is 0 Å². The molecule has 0 rings (SSSR count). The Kier molecular flexibility index (Phi) is 3.86. The normalized spacial score (nSPS) is 12.4. The average Bonchev–Trinajstić information content (AvgIpc) is 1.97. The van der Waals surface area contributed by atoms with Gasteiger partial charge in [0.1, 0.15) is 0 Å². The quantitative estimate of drug-likeness (QED) is 0.503. The van der Waals surface area contributed by atoms with E-state index in [4.69, 9.17) is 10.2 Å². The molecule has 0 saturated heterocycles. The molecule has 0 aromatic rings. The molecule has 0 heterocycles. The second-order valence-electron chi connectivity index (χ2n) is 2.60. The maximum absolute atomic E-state index is 10.5. The maximum atomic E-state index is 10.5. The Balaban J connectivity index is 4.73. The number of carboxylic acid groups (broad SMARTS) is 2. The van der Waals surface area contributed by atoms with Crippen LogP contribution in [-0.2, 0) is 23.1 Å². The van der Waals surface area contributed by atoms with E-state index in [2.05, 4.69) is 14.9 Å². The molecule has 2 N–H and O–H groups in total. The van der Waals surface area contributed by atoms with E-state index >= 15 is 0 Å². The smallest absolute Gasteiger partial charge is 0.355 e. The number of hydrogen-bond acceptors (Lipinski definition) is 5. The summed E-state index contributed by atoms with van der Waals surface area (Å²) in [5.41, 5.74) is -2.35. The van der Waals surface area contributed by atoms with Crippen molar-refractivity contribution in [2.24, 2.45) is 5.41 Å². The predicted octanol–water partition coefficient (Wildman–Crippen LogP) is -0.338. The minimum atomic E-state index is -4.38. The van der Waals surface area contributed by atoms with Gasteiger partial charge in [-0.25, -0.2) is 0 Å². The summed E-state index contributed by atoms with van der Waals surface area (Å²) in [6.45, 7) is -0.261. The van der Waals surface area contributed by atoms with Crippen LogP contribution in [0.15, 0.2) is 0 Å². The van der Waals surface area contributed by atoms with Crippen LogP contribution in [0.4, 0.5) is 0 Å². The van der Waals surface area contributed by atoms with Crippen LogP contribution >= 0.6 is 10.7 Å². The van der Waals surface area contributed by atoms with Crippen molar-refractivity contribution in [3.8, 4) is 0 Å². The maximum Gasteiger partial charge on any atom is 0.355 e. The van der Waals surface area contributed by atoms with Gasteiger partial charge in [-0.15, -0.1) is 0 Å². The first kappa shape index (κ1) is 13.1. The molecule has 9 heteroatoms. The molecule has 7 nitrogen and oxygen atoms in total. The Morgan fingerprint density at radius 3 is 1.93 bits per heavy atom. The Bertz CT molecular complexity index is 331. The molecule has 0 amide bonds. The third-order valence-corrected chi connectivity index (χ3v) is 2.10. The van der Waals surface area contributed by atoms with E-state index in [0.717, 1.165) is 6.92 Å². The van der Waals surface area contributed by atoms with Crippen LogP contribution in [0.2, 0.25) is 0 Å². The average molecular weight is 247 g/mol. The largest absolute Gasteiger partial charge is 0.480 e. The molecule has 0 radical (unpaired) electrons.